The Morgan fingerprint density at radius 2 is 1.83 bits per heavy atom. The van der Waals surface area contributed by atoms with E-state index in [1.807, 2.05) is 11.8 Å². The topological polar surface area (TPSA) is 89.5 Å². The van der Waals surface area contributed by atoms with E-state index < -0.39 is 11.6 Å². The molecule has 1 aromatic carbocycles. The van der Waals surface area contributed by atoms with Gasteiger partial charge in [0.2, 0.25) is 0 Å². The molecule has 2 aliphatic heterocycles. The number of hydrogen-bond acceptors (Lipinski definition) is 5. The molecule has 0 radical (unpaired) electrons. The number of likely N-dealkylation sites (tertiary alicyclic amines) is 2. The minimum atomic E-state index is -4.42. The number of carbonyl (C=O) groups excluding carboxylic acids is 2. The fraction of sp³-hybridized carbons (Fsp3) is 0.560. The average Bonchev–Trinajstić information content (AvgIpc) is 3.48. The van der Waals surface area contributed by atoms with Crippen LogP contribution in [0.15, 0.2) is 36.7 Å². The second kappa shape index (κ2) is 12.0. The second-order valence-electron chi connectivity index (χ2n) is 9.90. The number of carbonyl (C=O) groups is 2. The molecular formula is C25H34F4N4O3. The van der Waals surface area contributed by atoms with Gasteiger partial charge in [0.25, 0.3) is 5.91 Å². The van der Waals surface area contributed by atoms with Gasteiger partial charge in [0.05, 0.1) is 11.8 Å². The first-order valence-corrected chi connectivity index (χ1v) is 11.6. The van der Waals surface area contributed by atoms with Crippen molar-refractivity contribution in [2.45, 2.75) is 33.4 Å². The number of rotatable bonds is 4. The number of aliphatic hydroxyl groups excluding tert-OH is 1. The lowest BCUT2D eigenvalue weighted by molar-refractivity contribution is -0.203. The molecule has 1 amide bonds. The molecule has 7 nitrogen and oxygen atoms in total. The third kappa shape index (κ3) is 7.13. The molecule has 11 heteroatoms. The fourth-order valence-electron chi connectivity index (χ4n) is 4.16. The van der Waals surface area contributed by atoms with E-state index in [4.69, 9.17) is 0 Å². The number of hydrogen-bond donors (Lipinski definition) is 2. The normalized spacial score (nSPS) is 19.0. The first kappa shape index (κ1) is 29.4. The first-order valence-electron chi connectivity index (χ1n) is 11.6. The summed E-state index contributed by atoms with van der Waals surface area (Å²) in [5, 5.41) is 16.0. The zero-order valence-electron chi connectivity index (χ0n) is 21.0. The summed E-state index contributed by atoms with van der Waals surface area (Å²) in [6.07, 6.45) is -0.385. The number of H-pyrrole nitrogens is 1. The van der Waals surface area contributed by atoms with E-state index in [0.717, 1.165) is 39.9 Å². The Morgan fingerprint density at radius 1 is 1.22 bits per heavy atom. The molecule has 2 aromatic rings. The first-order chi connectivity index (χ1) is 16.8. The van der Waals surface area contributed by atoms with E-state index in [1.54, 1.807) is 24.5 Å². The number of amides is 1. The van der Waals surface area contributed by atoms with Crippen LogP contribution in [0.25, 0.3) is 0 Å². The molecular weight excluding hydrogens is 480 g/mol. The van der Waals surface area contributed by atoms with Crippen molar-refractivity contribution in [2.24, 2.45) is 16.7 Å². The maximum absolute atomic E-state index is 12.2. The Balaban J connectivity index is 0.000000215. The van der Waals surface area contributed by atoms with Crippen molar-refractivity contribution in [1.29, 1.82) is 0 Å². The van der Waals surface area contributed by atoms with Crippen LogP contribution < -0.4 is 0 Å². The lowest BCUT2D eigenvalue weighted by Crippen LogP contribution is -2.59. The van der Waals surface area contributed by atoms with Crippen LogP contribution in [0, 0.1) is 22.6 Å². The Morgan fingerprint density at radius 3 is 2.22 bits per heavy atom. The smallest absolute Gasteiger partial charge is 0.396 e. The molecule has 36 heavy (non-hydrogen) atoms. The lowest BCUT2D eigenvalue weighted by Gasteiger charge is -2.49. The van der Waals surface area contributed by atoms with Crippen molar-refractivity contribution in [2.75, 3.05) is 39.8 Å². The van der Waals surface area contributed by atoms with Gasteiger partial charge in [-0.05, 0) is 45.0 Å². The summed E-state index contributed by atoms with van der Waals surface area (Å²) in [5.74, 6) is 0.0466. The van der Waals surface area contributed by atoms with Crippen molar-refractivity contribution < 1.29 is 32.3 Å². The van der Waals surface area contributed by atoms with Crippen LogP contribution in [0.3, 0.4) is 0 Å². The van der Waals surface area contributed by atoms with Crippen molar-refractivity contribution in [1.82, 2.24) is 20.0 Å². The predicted molar refractivity (Wildman–Crippen MR) is 127 cm³/mol. The molecule has 200 valence electrons. The van der Waals surface area contributed by atoms with Gasteiger partial charge in [-0.3, -0.25) is 9.89 Å². The van der Waals surface area contributed by atoms with Crippen molar-refractivity contribution in [3.8, 4) is 0 Å². The maximum atomic E-state index is 12.2. The van der Waals surface area contributed by atoms with Crippen LogP contribution in [0.2, 0.25) is 0 Å². The molecule has 1 unspecified atom stereocenters. The van der Waals surface area contributed by atoms with Crippen molar-refractivity contribution >= 4 is 12.2 Å². The van der Waals surface area contributed by atoms with E-state index in [-0.39, 0.29) is 36.0 Å². The molecule has 1 spiro atoms. The van der Waals surface area contributed by atoms with Crippen LogP contribution in [-0.4, -0.2) is 83.3 Å². The van der Waals surface area contributed by atoms with E-state index in [0.29, 0.717) is 12.1 Å². The molecule has 3 heterocycles. The number of aryl methyl sites for hydroxylation is 1. The highest BCUT2D eigenvalue weighted by molar-refractivity contribution is 5.94. The van der Waals surface area contributed by atoms with Gasteiger partial charge in [0, 0.05) is 50.3 Å². The van der Waals surface area contributed by atoms with Gasteiger partial charge in [0.15, 0.2) is 0 Å². The van der Waals surface area contributed by atoms with Crippen molar-refractivity contribution in [3.63, 3.8) is 0 Å². The number of alkyl halides is 3. The van der Waals surface area contributed by atoms with Crippen LogP contribution >= 0.6 is 0 Å². The largest absolute Gasteiger partial charge is 0.400 e. The monoisotopic (exact) mass is 514 g/mol. The number of nitrogens with zero attached hydrogens (tertiary/aromatic N) is 3. The minimum absolute atomic E-state index is 0.00799. The van der Waals surface area contributed by atoms with Gasteiger partial charge in [-0.15, -0.1) is 0 Å². The number of aliphatic hydroxyl groups is 1. The van der Waals surface area contributed by atoms with Crippen LogP contribution in [0.4, 0.5) is 17.6 Å². The summed E-state index contributed by atoms with van der Waals surface area (Å²) < 4.78 is 47.0. The molecule has 2 aliphatic rings. The summed E-state index contributed by atoms with van der Waals surface area (Å²) in [6.45, 7) is 7.19. The highest BCUT2D eigenvalue weighted by Gasteiger charge is 2.53. The standard InChI is InChI=1S/C12H18N4O2.C8H9F.C5H7F3O/c1-15-6-12(7-15)8-16(4-10(12)5-17)11(18)9-2-13-14-3-9;1-2-7-3-5-8(9)6-4-7;1-4(2,3-9)5(6,7)8/h2-3,10,17H,4-8H2,1H3,(H,13,14);3-6H,2H2,1H3;3H,1-2H3. The van der Waals surface area contributed by atoms with Crippen molar-refractivity contribution in [3.05, 3.63) is 53.6 Å². The number of benzene rings is 1. The van der Waals surface area contributed by atoms with Gasteiger partial charge in [-0.1, -0.05) is 19.1 Å². The third-order valence-electron chi connectivity index (χ3n) is 6.58. The van der Waals surface area contributed by atoms with Gasteiger partial charge >= 0.3 is 6.18 Å². The number of nitrogens with one attached hydrogen (secondary N) is 1. The summed E-state index contributed by atoms with van der Waals surface area (Å²) in [5.41, 5.74) is -0.330. The SMILES string of the molecule is CC(C)(C=O)C(F)(F)F.CCc1ccc(F)cc1.CN1CC2(C1)CN(C(=O)c1cn[nH]c1)CC2CO. The van der Waals surface area contributed by atoms with Gasteiger partial charge in [-0.25, -0.2) is 4.39 Å². The summed E-state index contributed by atoms with van der Waals surface area (Å²) in [7, 11) is 2.07. The van der Waals surface area contributed by atoms with Crippen LogP contribution in [-0.2, 0) is 11.2 Å². The summed E-state index contributed by atoms with van der Waals surface area (Å²) >= 11 is 0. The van der Waals surface area contributed by atoms with Gasteiger partial charge in [0.1, 0.15) is 17.5 Å². The number of aldehydes is 1. The molecule has 0 saturated carbocycles. The zero-order chi connectivity index (χ0) is 27.1. The van der Waals surface area contributed by atoms with Crippen LogP contribution in [0.1, 0.15) is 36.7 Å². The van der Waals surface area contributed by atoms with E-state index in [1.165, 1.54) is 17.7 Å². The average molecular weight is 515 g/mol. The molecule has 4 rings (SSSR count). The highest BCUT2D eigenvalue weighted by Crippen LogP contribution is 2.43. The molecule has 0 bridgehead atoms. The zero-order valence-corrected chi connectivity index (χ0v) is 21.0. The Labute approximate surface area is 208 Å². The van der Waals surface area contributed by atoms with Gasteiger partial charge < -0.3 is 19.7 Å². The quantitative estimate of drug-likeness (QED) is 0.481. The molecule has 2 saturated heterocycles. The van der Waals surface area contributed by atoms with Gasteiger partial charge in [-0.2, -0.15) is 18.3 Å². The van der Waals surface area contributed by atoms with Crippen LogP contribution in [0.5, 0.6) is 0 Å². The number of halogens is 4. The fourth-order valence-corrected chi connectivity index (χ4v) is 4.16. The Hall–Kier alpha value is -2.79. The number of aromatic amines is 1. The highest BCUT2D eigenvalue weighted by atomic mass is 19.4. The second-order valence-corrected chi connectivity index (χ2v) is 9.90. The van der Waals surface area contributed by atoms with E-state index in [9.17, 15) is 32.3 Å². The Bertz CT molecular complexity index is 972. The minimum Gasteiger partial charge on any atom is -0.396 e. The molecule has 2 N–H and O–H groups in total. The molecule has 1 aromatic heterocycles. The predicted octanol–water partition coefficient (Wildman–Crippen LogP) is 3.57. The van der Waals surface area contributed by atoms with E-state index >= 15 is 0 Å². The summed E-state index contributed by atoms with van der Waals surface area (Å²) in [4.78, 5) is 26.1. The van der Waals surface area contributed by atoms with E-state index in [2.05, 4.69) is 22.1 Å². The lowest BCUT2D eigenvalue weighted by atomic mass is 9.72. The Kier molecular flexibility index (Phi) is 9.78. The third-order valence-corrected chi connectivity index (χ3v) is 6.58. The summed E-state index contributed by atoms with van der Waals surface area (Å²) in [6, 6.07) is 6.57. The molecule has 0 aliphatic carbocycles. The molecule has 2 fully saturated rings. The number of aromatic nitrogens is 2. The maximum Gasteiger partial charge on any atom is 0.400 e. The molecule has 1 atom stereocenters.